The van der Waals surface area contributed by atoms with Crippen molar-refractivity contribution in [3.63, 3.8) is 0 Å². The Labute approximate surface area is 268 Å². The van der Waals surface area contributed by atoms with Gasteiger partial charge in [-0.25, -0.2) is 0 Å². The molecule has 0 unspecified atom stereocenters. The molecule has 0 heterocycles. The first kappa shape index (κ1) is 26.4. The molecule has 0 spiro atoms. The minimum Gasteiger partial charge on any atom is -0.0622 e. The summed E-state index contributed by atoms with van der Waals surface area (Å²) in [5.41, 5.74) is 9.85. The lowest BCUT2D eigenvalue weighted by Crippen LogP contribution is -1.90. The summed E-state index contributed by atoms with van der Waals surface area (Å²) in [4.78, 5) is 0. The smallest absolute Gasteiger partial charge is 0.00199 e. The fraction of sp³-hybridized carbons (Fsp3) is 0. The molecular formula is C46H30. The van der Waals surface area contributed by atoms with Gasteiger partial charge in [-0.2, -0.15) is 0 Å². The molecule has 0 heteroatoms. The second kappa shape index (κ2) is 10.9. The molecule has 0 radical (unpaired) electrons. The maximum atomic E-state index is 2.40. The molecule has 0 aromatic heterocycles. The summed E-state index contributed by atoms with van der Waals surface area (Å²) in [6.07, 6.45) is 0. The Morgan fingerprint density at radius 2 is 0.652 bits per heavy atom. The number of rotatable bonds is 4. The number of benzene rings is 9. The highest BCUT2D eigenvalue weighted by Gasteiger charge is 2.16. The number of fused-ring (bicyclic) bond motifs is 7. The lowest BCUT2D eigenvalue weighted by molar-refractivity contribution is 1.58. The Bertz CT molecular complexity index is 2540. The molecule has 0 aliphatic heterocycles. The molecule has 9 rings (SSSR count). The first-order chi connectivity index (χ1) is 22.8. The third-order valence-corrected chi connectivity index (χ3v) is 9.45. The molecule has 0 bridgehead atoms. The zero-order chi connectivity index (χ0) is 30.5. The zero-order valence-electron chi connectivity index (χ0n) is 25.3. The van der Waals surface area contributed by atoms with E-state index in [1.54, 1.807) is 0 Å². The van der Waals surface area contributed by atoms with E-state index in [1.165, 1.54) is 87.6 Å². The first-order valence-corrected chi connectivity index (χ1v) is 15.9. The van der Waals surface area contributed by atoms with Crippen molar-refractivity contribution in [1.82, 2.24) is 0 Å². The molecule has 0 nitrogen and oxygen atoms in total. The van der Waals surface area contributed by atoms with E-state index in [1.807, 2.05) is 0 Å². The molecule has 0 aliphatic rings. The molecular weight excluding hydrogens is 553 g/mol. The topological polar surface area (TPSA) is 0 Å². The maximum absolute atomic E-state index is 2.40. The highest BCUT2D eigenvalue weighted by atomic mass is 14.2. The van der Waals surface area contributed by atoms with Gasteiger partial charge in [0.25, 0.3) is 0 Å². The Hall–Kier alpha value is -5.98. The third-order valence-electron chi connectivity index (χ3n) is 9.45. The van der Waals surface area contributed by atoms with Crippen LogP contribution in [0.3, 0.4) is 0 Å². The Kier molecular flexibility index (Phi) is 6.25. The highest BCUT2D eigenvalue weighted by Crippen LogP contribution is 2.43. The molecule has 0 saturated carbocycles. The minimum atomic E-state index is 1.21. The van der Waals surface area contributed by atoms with Gasteiger partial charge >= 0.3 is 0 Å². The van der Waals surface area contributed by atoms with E-state index in [0.717, 1.165) is 0 Å². The van der Waals surface area contributed by atoms with Crippen molar-refractivity contribution >= 4 is 43.1 Å². The molecule has 0 fully saturated rings. The van der Waals surface area contributed by atoms with E-state index in [4.69, 9.17) is 0 Å². The maximum Gasteiger partial charge on any atom is -0.00199 e. The van der Waals surface area contributed by atoms with Crippen molar-refractivity contribution in [2.24, 2.45) is 0 Å². The Morgan fingerprint density at radius 1 is 0.217 bits per heavy atom. The molecule has 0 atom stereocenters. The molecule has 0 saturated heterocycles. The van der Waals surface area contributed by atoms with Crippen molar-refractivity contribution in [3.05, 3.63) is 182 Å². The van der Waals surface area contributed by atoms with Crippen LogP contribution in [0.15, 0.2) is 182 Å². The van der Waals surface area contributed by atoms with E-state index in [9.17, 15) is 0 Å². The summed E-state index contributed by atoms with van der Waals surface area (Å²) in [7, 11) is 0. The largest absolute Gasteiger partial charge is 0.0622 e. The van der Waals surface area contributed by atoms with E-state index < -0.39 is 0 Å². The van der Waals surface area contributed by atoms with Gasteiger partial charge in [0, 0.05) is 0 Å². The third kappa shape index (κ3) is 4.47. The first-order valence-electron chi connectivity index (χ1n) is 15.9. The van der Waals surface area contributed by atoms with E-state index in [-0.39, 0.29) is 0 Å². The lowest BCUT2D eigenvalue weighted by atomic mass is 9.86. The minimum absolute atomic E-state index is 1.21. The van der Waals surface area contributed by atoms with Crippen LogP contribution in [-0.2, 0) is 0 Å². The molecule has 0 N–H and O–H groups in total. The summed E-state index contributed by atoms with van der Waals surface area (Å²) in [5.74, 6) is 0. The normalized spacial score (nSPS) is 11.5. The SMILES string of the molecule is c1ccc(-c2ccc(-c3ccc(-c4cc(-c5ccc6ccccc6c5)c5c6ccccc6c6ccccc6c5c4)cc3)cc2)cc1. The predicted octanol–water partition coefficient (Wildman–Crippen LogP) is 13.0. The van der Waals surface area contributed by atoms with Gasteiger partial charge in [-0.1, -0.05) is 164 Å². The standard InChI is InChI=1S/C46H30/c1-2-10-31(11-3-1)33-18-20-34(21-19-33)35-22-24-36(25-23-35)39-29-44(38-27-26-32-12-4-5-13-37(32)28-38)46-43-17-9-8-15-41(43)40-14-6-7-16-42(40)45(46)30-39/h1-30H. The van der Waals surface area contributed by atoms with Gasteiger partial charge in [0.05, 0.1) is 0 Å². The molecule has 214 valence electrons. The summed E-state index contributed by atoms with van der Waals surface area (Å²) >= 11 is 0. The second-order valence-electron chi connectivity index (χ2n) is 12.1. The van der Waals surface area contributed by atoms with Gasteiger partial charge < -0.3 is 0 Å². The van der Waals surface area contributed by atoms with Crippen LogP contribution in [0, 0.1) is 0 Å². The van der Waals surface area contributed by atoms with Crippen LogP contribution in [0.25, 0.3) is 87.6 Å². The van der Waals surface area contributed by atoms with Crippen LogP contribution in [-0.4, -0.2) is 0 Å². The summed E-state index contributed by atoms with van der Waals surface area (Å²) in [6.45, 7) is 0. The van der Waals surface area contributed by atoms with Gasteiger partial charge in [0.1, 0.15) is 0 Å². The van der Waals surface area contributed by atoms with Gasteiger partial charge in [-0.05, 0) is 106 Å². The van der Waals surface area contributed by atoms with Crippen molar-refractivity contribution in [1.29, 1.82) is 0 Å². The van der Waals surface area contributed by atoms with Gasteiger partial charge in [-0.15, -0.1) is 0 Å². The zero-order valence-corrected chi connectivity index (χ0v) is 25.3. The van der Waals surface area contributed by atoms with E-state index >= 15 is 0 Å². The summed E-state index contributed by atoms with van der Waals surface area (Å²) in [6, 6.07) is 66.5. The Balaban J connectivity index is 1.23. The molecule has 0 aliphatic carbocycles. The fourth-order valence-electron chi connectivity index (χ4n) is 7.13. The van der Waals surface area contributed by atoms with Gasteiger partial charge in [0.15, 0.2) is 0 Å². The van der Waals surface area contributed by atoms with E-state index in [0.29, 0.717) is 0 Å². The van der Waals surface area contributed by atoms with Crippen LogP contribution in [0.1, 0.15) is 0 Å². The summed E-state index contributed by atoms with van der Waals surface area (Å²) in [5, 5.41) is 10.3. The molecule has 9 aromatic carbocycles. The molecule has 9 aromatic rings. The lowest BCUT2D eigenvalue weighted by Gasteiger charge is -2.17. The van der Waals surface area contributed by atoms with Crippen molar-refractivity contribution in [2.75, 3.05) is 0 Å². The molecule has 46 heavy (non-hydrogen) atoms. The molecule has 0 amide bonds. The van der Waals surface area contributed by atoms with Crippen LogP contribution >= 0.6 is 0 Å². The van der Waals surface area contributed by atoms with Crippen LogP contribution < -0.4 is 0 Å². The second-order valence-corrected chi connectivity index (χ2v) is 12.1. The average molecular weight is 583 g/mol. The van der Waals surface area contributed by atoms with Crippen LogP contribution in [0.5, 0.6) is 0 Å². The van der Waals surface area contributed by atoms with Crippen molar-refractivity contribution < 1.29 is 0 Å². The van der Waals surface area contributed by atoms with Gasteiger partial charge in [-0.3, -0.25) is 0 Å². The van der Waals surface area contributed by atoms with Crippen LogP contribution in [0.4, 0.5) is 0 Å². The monoisotopic (exact) mass is 582 g/mol. The number of hydrogen-bond acceptors (Lipinski definition) is 0. The fourth-order valence-corrected chi connectivity index (χ4v) is 7.13. The van der Waals surface area contributed by atoms with Crippen LogP contribution in [0.2, 0.25) is 0 Å². The van der Waals surface area contributed by atoms with Crippen molar-refractivity contribution in [3.8, 4) is 44.5 Å². The highest BCUT2D eigenvalue weighted by molar-refractivity contribution is 6.29. The van der Waals surface area contributed by atoms with E-state index in [2.05, 4.69) is 182 Å². The quantitative estimate of drug-likeness (QED) is 0.181. The average Bonchev–Trinajstić information content (AvgIpc) is 3.15. The predicted molar refractivity (Wildman–Crippen MR) is 198 cm³/mol. The Morgan fingerprint density at radius 3 is 1.28 bits per heavy atom. The van der Waals surface area contributed by atoms with Gasteiger partial charge in [0.2, 0.25) is 0 Å². The number of hydrogen-bond donors (Lipinski definition) is 0. The summed E-state index contributed by atoms with van der Waals surface area (Å²) < 4.78 is 0. The van der Waals surface area contributed by atoms with Crippen molar-refractivity contribution in [2.45, 2.75) is 0 Å².